The Labute approximate surface area is 254 Å². The third-order valence-corrected chi connectivity index (χ3v) is 11.8. The Morgan fingerprint density at radius 2 is 1.78 bits per heavy atom. The number of imidazole rings is 1. The van der Waals surface area contributed by atoms with Gasteiger partial charge in [0.2, 0.25) is 5.91 Å². The first kappa shape index (κ1) is 29.3. The predicted molar refractivity (Wildman–Crippen MR) is 154 cm³/mol. The second-order valence-electron chi connectivity index (χ2n) is 12.0. The molecule has 1 aromatic heterocycles. The third-order valence-electron chi connectivity index (χ3n) is 10.1. The van der Waals surface area contributed by atoms with E-state index in [4.69, 9.17) is 0 Å². The van der Waals surface area contributed by atoms with Crippen LogP contribution in [-0.4, -0.2) is 42.4 Å². The van der Waals surface area contributed by atoms with Gasteiger partial charge in [0.1, 0.15) is 11.6 Å². The van der Waals surface area contributed by atoms with Crippen LogP contribution in [0.25, 0.3) is 11.0 Å². The van der Waals surface area contributed by atoms with Crippen LogP contribution in [0.4, 0.5) is 28.9 Å². The molecule has 3 N–H and O–H groups in total. The molecule has 1 heterocycles. The minimum atomic E-state index is -4.77. The first-order valence-corrected chi connectivity index (χ1v) is 15.5. The van der Waals surface area contributed by atoms with Gasteiger partial charge in [-0.3, -0.25) is 13.9 Å². The van der Waals surface area contributed by atoms with Crippen LogP contribution < -0.4 is 9.62 Å². The summed E-state index contributed by atoms with van der Waals surface area (Å²) in [5.74, 6) is -3.14. The molecule has 0 radical (unpaired) electrons. The van der Waals surface area contributed by atoms with E-state index in [1.54, 1.807) is 37.3 Å². The number of aromatic amines is 1. The first-order chi connectivity index (χ1) is 21.1. The number of H-pyrrole nitrogens is 1. The number of aryl methyl sites for hydroxylation is 1. The smallest absolute Gasteiger partial charge is 0.416 e. The number of hydrogen-bond acceptors (Lipinski definition) is 5. The molecule has 0 spiro atoms. The molecule has 45 heavy (non-hydrogen) atoms. The summed E-state index contributed by atoms with van der Waals surface area (Å²) < 4.78 is 81.4. The van der Waals surface area contributed by atoms with E-state index >= 15 is 0 Å². The Bertz CT molecular complexity index is 2050. The van der Waals surface area contributed by atoms with Gasteiger partial charge in [0.15, 0.2) is 0 Å². The molecular formula is C31H26F4N4O5S. The Hall–Kier alpha value is -4.46. The fraction of sp³-hybridized carbons (Fsp3) is 0.323. The maximum absolute atomic E-state index is 14.5. The van der Waals surface area contributed by atoms with Crippen LogP contribution in [0.1, 0.15) is 36.2 Å². The molecule has 14 heteroatoms. The average molecular weight is 643 g/mol. The van der Waals surface area contributed by atoms with E-state index in [9.17, 15) is 40.7 Å². The fourth-order valence-corrected chi connectivity index (χ4v) is 9.40. The number of amides is 1. The quantitative estimate of drug-likeness (QED) is 0.225. The summed E-state index contributed by atoms with van der Waals surface area (Å²) in [6.07, 6.45) is -3.55. The number of fused-ring (bicyclic) bond motifs is 3. The number of nitrogens with zero attached hydrogens (tertiary/aromatic N) is 2. The summed E-state index contributed by atoms with van der Waals surface area (Å²) in [6, 6.07) is 12.9. The highest BCUT2D eigenvalue weighted by molar-refractivity contribution is 7.92. The second kappa shape index (κ2) is 9.05. The van der Waals surface area contributed by atoms with Crippen molar-refractivity contribution in [3.63, 3.8) is 0 Å². The molecule has 0 unspecified atom stereocenters. The zero-order chi connectivity index (χ0) is 32.3. The van der Waals surface area contributed by atoms with E-state index in [-0.39, 0.29) is 17.4 Å². The van der Waals surface area contributed by atoms with Crippen LogP contribution in [0.5, 0.6) is 0 Å². The minimum Gasteiger partial charge on any atom is -0.481 e. The number of benzene rings is 3. The molecule has 3 aliphatic rings. The van der Waals surface area contributed by atoms with Crippen LogP contribution >= 0.6 is 0 Å². The zero-order valence-corrected chi connectivity index (χ0v) is 24.7. The topological polar surface area (TPSA) is 132 Å². The van der Waals surface area contributed by atoms with E-state index in [2.05, 4.69) is 15.3 Å². The van der Waals surface area contributed by atoms with Crippen LogP contribution in [0, 0.1) is 29.5 Å². The van der Waals surface area contributed by atoms with Gasteiger partial charge in [0, 0.05) is 18.4 Å². The van der Waals surface area contributed by atoms with Gasteiger partial charge in [0.05, 0.1) is 43.7 Å². The van der Waals surface area contributed by atoms with Gasteiger partial charge in [-0.2, -0.15) is 13.2 Å². The van der Waals surface area contributed by atoms with Gasteiger partial charge in [-0.15, -0.1) is 0 Å². The molecule has 0 bridgehead atoms. The van der Waals surface area contributed by atoms with Gasteiger partial charge in [-0.25, -0.2) is 17.8 Å². The number of rotatable bonds is 7. The second-order valence-corrected chi connectivity index (χ2v) is 14.0. The van der Waals surface area contributed by atoms with Gasteiger partial charge in [-0.05, 0) is 73.9 Å². The molecule has 0 saturated heterocycles. The van der Waals surface area contributed by atoms with Gasteiger partial charge < -0.3 is 15.4 Å². The van der Waals surface area contributed by atoms with E-state index < -0.39 is 67.3 Å². The Kier molecular flexibility index (Phi) is 5.89. The molecule has 1 amide bonds. The van der Waals surface area contributed by atoms with Crippen molar-refractivity contribution in [2.24, 2.45) is 16.7 Å². The molecule has 0 aliphatic heterocycles. The number of carboxylic acids is 1. The lowest BCUT2D eigenvalue weighted by molar-refractivity contribution is -0.150. The Balaban J connectivity index is 1.14. The summed E-state index contributed by atoms with van der Waals surface area (Å²) in [7, 11) is -2.55. The van der Waals surface area contributed by atoms with Crippen molar-refractivity contribution in [3.8, 4) is 0 Å². The Morgan fingerprint density at radius 1 is 1.07 bits per heavy atom. The number of anilines is 2. The molecule has 4 atom stereocenters. The summed E-state index contributed by atoms with van der Waals surface area (Å²) in [5.41, 5.74) is -3.15. The van der Waals surface area contributed by atoms with Crippen molar-refractivity contribution in [1.82, 2.24) is 9.97 Å². The highest BCUT2D eigenvalue weighted by atomic mass is 32.2. The summed E-state index contributed by atoms with van der Waals surface area (Å²) in [6.45, 7) is 1.77. The molecule has 7 rings (SSSR count). The summed E-state index contributed by atoms with van der Waals surface area (Å²) >= 11 is 0. The average Bonchev–Trinajstić information content (AvgIpc) is 3.81. The van der Waals surface area contributed by atoms with E-state index in [1.165, 1.54) is 19.2 Å². The van der Waals surface area contributed by atoms with E-state index in [0.29, 0.717) is 47.0 Å². The van der Waals surface area contributed by atoms with Crippen molar-refractivity contribution in [3.05, 3.63) is 83.4 Å². The van der Waals surface area contributed by atoms with Crippen LogP contribution in [0.15, 0.2) is 65.6 Å². The molecular weight excluding hydrogens is 616 g/mol. The van der Waals surface area contributed by atoms with Crippen molar-refractivity contribution in [2.45, 2.75) is 42.7 Å². The lowest BCUT2D eigenvalue weighted by atomic mass is 9.59. The zero-order valence-electron chi connectivity index (χ0n) is 23.9. The number of carbonyl (C=O) groups excluding carboxylic acids is 1. The lowest BCUT2D eigenvalue weighted by Crippen LogP contribution is -2.49. The lowest BCUT2D eigenvalue weighted by Gasteiger charge is -2.43. The monoisotopic (exact) mass is 642 g/mol. The highest BCUT2D eigenvalue weighted by Crippen LogP contribution is 3.01. The normalized spacial score (nSPS) is 26.7. The van der Waals surface area contributed by atoms with Crippen molar-refractivity contribution in [2.75, 3.05) is 16.7 Å². The highest BCUT2D eigenvalue weighted by Gasteiger charge is 3.08. The predicted octanol–water partition coefficient (Wildman–Crippen LogP) is 5.62. The van der Waals surface area contributed by atoms with Gasteiger partial charge in [-0.1, -0.05) is 18.6 Å². The van der Waals surface area contributed by atoms with Gasteiger partial charge in [0.25, 0.3) is 10.0 Å². The van der Waals surface area contributed by atoms with E-state index in [1.807, 2.05) is 0 Å². The number of carboxylic acid groups (broad SMARTS) is 1. The number of nitrogens with one attached hydrogen (secondary N) is 2. The van der Waals surface area contributed by atoms with Gasteiger partial charge >= 0.3 is 12.1 Å². The van der Waals surface area contributed by atoms with E-state index in [0.717, 1.165) is 10.4 Å². The number of carbonyl (C=O) groups is 2. The van der Waals surface area contributed by atoms with Crippen molar-refractivity contribution >= 4 is 44.3 Å². The SMILES string of the molecule is Cc1nc2ccc(S(=O)(=O)N(C)c3ccc([C@@]45CCC[C@]6(C(=O)Nc7ccc(C(F)(F)F)cc7F)[C@@H]4[C@@]65C(=O)O)cc3)cc2[nH]1. The summed E-state index contributed by atoms with van der Waals surface area (Å²) in [4.78, 5) is 33.7. The third kappa shape index (κ3) is 3.65. The summed E-state index contributed by atoms with van der Waals surface area (Å²) in [5, 5.41) is 12.8. The maximum atomic E-state index is 14.5. The first-order valence-electron chi connectivity index (χ1n) is 14.1. The number of alkyl halides is 3. The number of hydrogen-bond donors (Lipinski definition) is 3. The van der Waals surface area contributed by atoms with Crippen molar-refractivity contribution in [1.29, 1.82) is 0 Å². The van der Waals surface area contributed by atoms with Crippen molar-refractivity contribution < 1.29 is 40.7 Å². The van der Waals surface area contributed by atoms with Crippen LogP contribution in [0.3, 0.4) is 0 Å². The molecule has 9 nitrogen and oxygen atoms in total. The number of aliphatic carboxylic acids is 1. The molecule has 234 valence electrons. The minimum absolute atomic E-state index is 0.0599. The number of sulfonamides is 1. The van der Waals surface area contributed by atoms with Crippen LogP contribution in [-0.2, 0) is 31.2 Å². The molecule has 3 fully saturated rings. The molecule has 3 saturated carbocycles. The maximum Gasteiger partial charge on any atom is 0.416 e. The molecule has 3 aliphatic carbocycles. The molecule has 4 aromatic rings. The standard InChI is InChI=1S/C31H26F4N4O5S/c1-16-36-23-11-9-20(15-24(23)37-16)45(43,44)39(2)19-7-4-17(5-8-19)28-12-3-13-29(25(28)30(28,29)27(41)42)26(40)38-22-10-6-18(14-21(22)32)31(33,34)35/h4-11,14-15,25H,3,12-13H2,1-2H3,(H,36,37)(H,38,40)(H,41,42)/t25-,28+,29-,30+/m1/s1. The largest absolute Gasteiger partial charge is 0.481 e. The fourth-order valence-electron chi connectivity index (χ4n) is 8.18. The Morgan fingerprint density at radius 3 is 2.40 bits per heavy atom. The number of halogens is 4. The number of aromatic nitrogens is 2. The molecule has 3 aromatic carbocycles. The van der Waals surface area contributed by atoms with Crippen LogP contribution in [0.2, 0.25) is 0 Å².